The molecule has 22 heavy (non-hydrogen) atoms. The fourth-order valence-corrected chi connectivity index (χ4v) is 2.80. The van der Waals surface area contributed by atoms with Crippen molar-refractivity contribution in [3.8, 4) is 0 Å². The first kappa shape index (κ1) is 15.1. The van der Waals surface area contributed by atoms with Crippen molar-refractivity contribution in [3.63, 3.8) is 0 Å². The van der Waals surface area contributed by atoms with Crippen LogP contribution in [0.15, 0.2) is 30.5 Å². The minimum absolute atomic E-state index is 0.0473. The molecule has 2 aromatic rings. The van der Waals surface area contributed by atoms with Gasteiger partial charge in [0.2, 0.25) is 5.91 Å². The first-order chi connectivity index (χ1) is 10.8. The van der Waals surface area contributed by atoms with Gasteiger partial charge in [0, 0.05) is 55.4 Å². The van der Waals surface area contributed by atoms with Gasteiger partial charge in [-0.3, -0.25) is 9.69 Å². The number of ether oxygens (including phenoxy) is 1. The number of hydrogen-bond acceptors (Lipinski definition) is 3. The summed E-state index contributed by atoms with van der Waals surface area (Å²) in [4.78, 5) is 13.9. The first-order valence-electron chi connectivity index (χ1n) is 7.95. The first-order valence-corrected chi connectivity index (χ1v) is 7.95. The fourth-order valence-electron chi connectivity index (χ4n) is 2.80. The number of carbonyl (C=O) groups excluding carboxylic acids is 1. The Hall–Kier alpha value is -1.85. The lowest BCUT2D eigenvalue weighted by molar-refractivity contribution is -0.115. The number of fused-ring (bicyclic) bond motifs is 1. The van der Waals surface area contributed by atoms with Crippen molar-refractivity contribution in [1.29, 1.82) is 0 Å². The number of carbonyl (C=O) groups is 1. The number of benzene rings is 1. The third-order valence-corrected chi connectivity index (χ3v) is 4.14. The summed E-state index contributed by atoms with van der Waals surface area (Å²) in [5, 5.41) is 4.07. The van der Waals surface area contributed by atoms with E-state index in [1.165, 1.54) is 5.52 Å². The Morgan fingerprint density at radius 1 is 1.23 bits per heavy atom. The molecule has 0 radical (unpaired) electrons. The molecule has 5 heteroatoms. The predicted molar refractivity (Wildman–Crippen MR) is 88.1 cm³/mol. The smallest absolute Gasteiger partial charge is 0.224 e. The van der Waals surface area contributed by atoms with E-state index in [-0.39, 0.29) is 5.91 Å². The van der Waals surface area contributed by atoms with Crippen molar-refractivity contribution >= 4 is 22.5 Å². The molecule has 118 valence electrons. The third-order valence-electron chi connectivity index (χ3n) is 4.14. The lowest BCUT2D eigenvalue weighted by Gasteiger charge is -2.26. The second kappa shape index (κ2) is 6.94. The van der Waals surface area contributed by atoms with E-state index >= 15 is 0 Å². The maximum atomic E-state index is 11.5. The van der Waals surface area contributed by atoms with Crippen molar-refractivity contribution in [2.75, 3.05) is 38.2 Å². The average Bonchev–Trinajstić information content (AvgIpc) is 2.96. The van der Waals surface area contributed by atoms with Crippen LogP contribution in [0.25, 0.3) is 10.9 Å². The molecule has 0 spiro atoms. The summed E-state index contributed by atoms with van der Waals surface area (Å²) in [6, 6.07) is 8.20. The zero-order valence-electron chi connectivity index (χ0n) is 13.0. The van der Waals surface area contributed by atoms with Gasteiger partial charge in [-0.05, 0) is 24.3 Å². The van der Waals surface area contributed by atoms with E-state index in [1.54, 1.807) is 0 Å². The van der Waals surface area contributed by atoms with Crippen molar-refractivity contribution in [3.05, 3.63) is 30.5 Å². The second-order valence-corrected chi connectivity index (χ2v) is 5.64. The van der Waals surface area contributed by atoms with E-state index in [9.17, 15) is 4.79 Å². The van der Waals surface area contributed by atoms with Crippen LogP contribution >= 0.6 is 0 Å². The molecule has 1 aromatic heterocycles. The molecule has 1 fully saturated rings. The summed E-state index contributed by atoms with van der Waals surface area (Å²) in [7, 11) is 0. The van der Waals surface area contributed by atoms with Gasteiger partial charge in [-0.2, -0.15) is 0 Å². The van der Waals surface area contributed by atoms with E-state index in [0.717, 1.165) is 50.5 Å². The molecule has 5 nitrogen and oxygen atoms in total. The van der Waals surface area contributed by atoms with E-state index in [4.69, 9.17) is 4.74 Å². The van der Waals surface area contributed by atoms with Crippen LogP contribution in [0, 0.1) is 0 Å². The number of amides is 1. The van der Waals surface area contributed by atoms with Crippen LogP contribution in [0.3, 0.4) is 0 Å². The van der Waals surface area contributed by atoms with Crippen LogP contribution in [0.4, 0.5) is 5.69 Å². The Balaban J connectivity index is 1.67. The van der Waals surface area contributed by atoms with Gasteiger partial charge in [0.1, 0.15) is 0 Å². The number of anilines is 1. The largest absolute Gasteiger partial charge is 0.379 e. The van der Waals surface area contributed by atoms with Gasteiger partial charge in [0.05, 0.1) is 13.2 Å². The van der Waals surface area contributed by atoms with Gasteiger partial charge < -0.3 is 14.6 Å². The molecule has 1 aromatic carbocycles. The average molecular weight is 301 g/mol. The van der Waals surface area contributed by atoms with Gasteiger partial charge in [0.15, 0.2) is 0 Å². The zero-order valence-corrected chi connectivity index (χ0v) is 13.0. The quantitative estimate of drug-likeness (QED) is 0.922. The monoisotopic (exact) mass is 301 g/mol. The lowest BCUT2D eigenvalue weighted by atomic mass is 10.2. The van der Waals surface area contributed by atoms with Crippen molar-refractivity contribution in [2.45, 2.75) is 19.9 Å². The Labute approximate surface area is 130 Å². The molecular weight excluding hydrogens is 278 g/mol. The molecule has 1 amide bonds. The van der Waals surface area contributed by atoms with E-state index < -0.39 is 0 Å². The molecule has 1 aliphatic rings. The van der Waals surface area contributed by atoms with Gasteiger partial charge >= 0.3 is 0 Å². The number of nitrogens with one attached hydrogen (secondary N) is 1. The third kappa shape index (κ3) is 3.48. The van der Waals surface area contributed by atoms with Gasteiger partial charge in [-0.1, -0.05) is 6.92 Å². The van der Waals surface area contributed by atoms with Gasteiger partial charge in [-0.15, -0.1) is 0 Å². The molecule has 1 N–H and O–H groups in total. The Morgan fingerprint density at radius 3 is 2.82 bits per heavy atom. The molecule has 0 aliphatic carbocycles. The van der Waals surface area contributed by atoms with Crippen molar-refractivity contribution in [1.82, 2.24) is 9.47 Å². The topological polar surface area (TPSA) is 46.5 Å². The van der Waals surface area contributed by atoms with Gasteiger partial charge in [-0.25, -0.2) is 0 Å². The van der Waals surface area contributed by atoms with E-state index in [0.29, 0.717) is 6.42 Å². The van der Waals surface area contributed by atoms with Gasteiger partial charge in [0.25, 0.3) is 0 Å². The minimum Gasteiger partial charge on any atom is -0.379 e. The fraction of sp³-hybridized carbons (Fsp3) is 0.471. The van der Waals surface area contributed by atoms with Crippen LogP contribution in [-0.4, -0.2) is 48.2 Å². The summed E-state index contributed by atoms with van der Waals surface area (Å²) in [6.45, 7) is 7.60. The highest BCUT2D eigenvalue weighted by Crippen LogP contribution is 2.21. The summed E-state index contributed by atoms with van der Waals surface area (Å²) in [5.41, 5.74) is 2.08. The van der Waals surface area contributed by atoms with E-state index in [2.05, 4.69) is 33.1 Å². The highest BCUT2D eigenvalue weighted by Gasteiger charge is 2.10. The normalized spacial score (nSPS) is 16.0. The molecular formula is C17H23N3O2. The molecule has 0 saturated carbocycles. The van der Waals surface area contributed by atoms with Crippen molar-refractivity contribution in [2.24, 2.45) is 0 Å². The van der Waals surface area contributed by atoms with E-state index in [1.807, 2.05) is 19.1 Å². The number of morpholine rings is 1. The number of nitrogens with zero attached hydrogens (tertiary/aromatic N) is 2. The predicted octanol–water partition coefficient (Wildman–Crippen LogP) is 2.32. The maximum absolute atomic E-state index is 11.5. The zero-order chi connectivity index (χ0) is 15.4. The Bertz CT molecular complexity index is 644. The van der Waals surface area contributed by atoms with Crippen LogP contribution in [-0.2, 0) is 16.1 Å². The summed E-state index contributed by atoms with van der Waals surface area (Å²) in [6.07, 6.45) is 2.62. The molecule has 1 saturated heterocycles. The van der Waals surface area contributed by atoms with Crippen LogP contribution in [0.1, 0.15) is 13.3 Å². The molecule has 0 atom stereocenters. The molecule has 0 bridgehead atoms. The Kier molecular flexibility index (Phi) is 4.75. The Morgan fingerprint density at radius 2 is 2.05 bits per heavy atom. The van der Waals surface area contributed by atoms with Crippen LogP contribution < -0.4 is 5.32 Å². The standard InChI is InChI=1S/C17H23N3O2/c1-2-17(21)18-15-3-4-16-14(13-15)5-6-20(16)8-7-19-9-11-22-12-10-19/h3-6,13H,2,7-12H2,1H3,(H,18,21). The highest BCUT2D eigenvalue weighted by molar-refractivity contribution is 5.93. The van der Waals surface area contributed by atoms with Crippen LogP contribution in [0.5, 0.6) is 0 Å². The molecule has 0 unspecified atom stereocenters. The SMILES string of the molecule is CCC(=O)Nc1ccc2c(ccn2CCN2CCOCC2)c1. The van der Waals surface area contributed by atoms with Crippen molar-refractivity contribution < 1.29 is 9.53 Å². The second-order valence-electron chi connectivity index (χ2n) is 5.64. The number of rotatable bonds is 5. The summed E-state index contributed by atoms with van der Waals surface area (Å²) >= 11 is 0. The molecule has 3 rings (SSSR count). The molecule has 2 heterocycles. The summed E-state index contributed by atoms with van der Waals surface area (Å²) in [5.74, 6) is 0.0473. The molecule has 1 aliphatic heterocycles. The lowest BCUT2D eigenvalue weighted by Crippen LogP contribution is -2.38. The van der Waals surface area contributed by atoms with Crippen LogP contribution in [0.2, 0.25) is 0 Å². The highest BCUT2D eigenvalue weighted by atomic mass is 16.5. The maximum Gasteiger partial charge on any atom is 0.224 e. The number of hydrogen-bond donors (Lipinski definition) is 1. The number of aromatic nitrogens is 1. The minimum atomic E-state index is 0.0473. The summed E-state index contributed by atoms with van der Waals surface area (Å²) < 4.78 is 7.65.